The van der Waals surface area contributed by atoms with Gasteiger partial charge in [-0.15, -0.1) is 0 Å². The highest BCUT2D eigenvalue weighted by Crippen LogP contribution is 2.29. The van der Waals surface area contributed by atoms with Crippen LogP contribution in [0.2, 0.25) is 0 Å². The molecule has 1 aliphatic rings. The number of amides is 1. The van der Waals surface area contributed by atoms with Crippen molar-refractivity contribution in [1.29, 1.82) is 0 Å². The van der Waals surface area contributed by atoms with E-state index in [0.717, 1.165) is 25.1 Å². The Kier molecular flexibility index (Phi) is 4.32. The van der Waals surface area contributed by atoms with Gasteiger partial charge in [0.25, 0.3) is 5.91 Å². The maximum Gasteiger partial charge on any atom is 0.274 e. The van der Waals surface area contributed by atoms with E-state index < -0.39 is 0 Å². The van der Waals surface area contributed by atoms with E-state index in [0.29, 0.717) is 30.5 Å². The van der Waals surface area contributed by atoms with Gasteiger partial charge < -0.3 is 14.0 Å². The number of rotatable bonds is 4. The SMILES string of the molecule is CCn1ccc(C(=O)N2CCC(c3nc(-c4cccn4C)no3)CC2)n1. The molecule has 0 spiro atoms. The average molecular weight is 354 g/mol. The van der Waals surface area contributed by atoms with E-state index in [9.17, 15) is 4.79 Å². The molecule has 0 aromatic carbocycles. The molecule has 0 saturated carbocycles. The van der Waals surface area contributed by atoms with Gasteiger partial charge in [-0.05, 0) is 38.0 Å². The lowest BCUT2D eigenvalue weighted by atomic mass is 9.96. The van der Waals surface area contributed by atoms with Gasteiger partial charge in [-0.2, -0.15) is 10.1 Å². The minimum absolute atomic E-state index is 0.00863. The monoisotopic (exact) mass is 354 g/mol. The second-order valence-electron chi connectivity index (χ2n) is 6.58. The Morgan fingerprint density at radius 2 is 2.08 bits per heavy atom. The molecule has 4 heterocycles. The molecular weight excluding hydrogens is 332 g/mol. The number of piperidine rings is 1. The summed E-state index contributed by atoms with van der Waals surface area (Å²) in [6.07, 6.45) is 5.42. The zero-order valence-electron chi connectivity index (χ0n) is 15.0. The molecule has 0 radical (unpaired) electrons. The summed E-state index contributed by atoms with van der Waals surface area (Å²) in [6.45, 7) is 4.10. The van der Waals surface area contributed by atoms with Crippen LogP contribution in [0.3, 0.4) is 0 Å². The van der Waals surface area contributed by atoms with Crippen molar-refractivity contribution in [3.8, 4) is 11.5 Å². The van der Waals surface area contributed by atoms with Gasteiger partial charge >= 0.3 is 0 Å². The van der Waals surface area contributed by atoms with Gasteiger partial charge in [0, 0.05) is 45.0 Å². The fourth-order valence-corrected chi connectivity index (χ4v) is 3.34. The number of likely N-dealkylation sites (tertiary alicyclic amines) is 1. The molecule has 0 aliphatic carbocycles. The van der Waals surface area contributed by atoms with Crippen LogP contribution in [0.4, 0.5) is 0 Å². The van der Waals surface area contributed by atoms with Gasteiger partial charge in [0.15, 0.2) is 0 Å². The Hall–Kier alpha value is -2.90. The molecule has 3 aromatic heterocycles. The van der Waals surface area contributed by atoms with Crippen LogP contribution in [0.1, 0.15) is 42.1 Å². The molecule has 0 bridgehead atoms. The Bertz CT molecular complexity index is 900. The fraction of sp³-hybridized carbons (Fsp3) is 0.444. The molecule has 1 saturated heterocycles. The van der Waals surface area contributed by atoms with Gasteiger partial charge in [0.2, 0.25) is 11.7 Å². The van der Waals surface area contributed by atoms with Gasteiger partial charge in [-0.3, -0.25) is 9.48 Å². The maximum atomic E-state index is 12.6. The molecule has 4 rings (SSSR count). The van der Waals surface area contributed by atoms with Gasteiger partial charge in [-0.1, -0.05) is 5.16 Å². The Morgan fingerprint density at radius 1 is 1.27 bits per heavy atom. The van der Waals surface area contributed by atoms with E-state index >= 15 is 0 Å². The number of carbonyl (C=O) groups is 1. The number of hydrogen-bond donors (Lipinski definition) is 0. The zero-order chi connectivity index (χ0) is 18.1. The third kappa shape index (κ3) is 3.02. The van der Waals surface area contributed by atoms with Crippen LogP contribution in [0.25, 0.3) is 11.5 Å². The number of nitrogens with zero attached hydrogens (tertiary/aromatic N) is 6. The van der Waals surface area contributed by atoms with Crippen LogP contribution in [0.5, 0.6) is 0 Å². The normalized spacial score (nSPS) is 15.5. The Morgan fingerprint density at radius 3 is 2.73 bits per heavy atom. The van der Waals surface area contributed by atoms with E-state index in [1.807, 2.05) is 48.0 Å². The topological polar surface area (TPSA) is 82.0 Å². The second kappa shape index (κ2) is 6.78. The summed E-state index contributed by atoms with van der Waals surface area (Å²) in [5.41, 5.74) is 1.44. The molecule has 1 fully saturated rings. The van der Waals surface area contributed by atoms with Crippen LogP contribution in [-0.2, 0) is 13.6 Å². The van der Waals surface area contributed by atoms with Crippen LogP contribution in [0, 0.1) is 0 Å². The minimum atomic E-state index is -0.00863. The highest BCUT2D eigenvalue weighted by molar-refractivity contribution is 5.92. The van der Waals surface area contributed by atoms with Crippen molar-refractivity contribution in [2.45, 2.75) is 32.2 Å². The van der Waals surface area contributed by atoms with E-state index in [-0.39, 0.29) is 11.8 Å². The summed E-state index contributed by atoms with van der Waals surface area (Å²) in [5, 5.41) is 8.41. The van der Waals surface area contributed by atoms with Crippen LogP contribution >= 0.6 is 0 Å². The summed E-state index contributed by atoms with van der Waals surface area (Å²) >= 11 is 0. The summed E-state index contributed by atoms with van der Waals surface area (Å²) in [5.74, 6) is 1.44. The first-order valence-corrected chi connectivity index (χ1v) is 8.93. The largest absolute Gasteiger partial charge is 0.348 e. The predicted octanol–water partition coefficient (Wildman–Crippen LogP) is 2.31. The predicted molar refractivity (Wildman–Crippen MR) is 94.5 cm³/mol. The van der Waals surface area contributed by atoms with Crippen LogP contribution in [0.15, 0.2) is 35.1 Å². The van der Waals surface area contributed by atoms with E-state index in [2.05, 4.69) is 15.2 Å². The van der Waals surface area contributed by atoms with Crippen molar-refractivity contribution >= 4 is 5.91 Å². The summed E-state index contributed by atoms with van der Waals surface area (Å²) in [6, 6.07) is 5.70. The molecule has 1 amide bonds. The van der Waals surface area contributed by atoms with Crippen LogP contribution < -0.4 is 0 Å². The number of carbonyl (C=O) groups excluding carboxylic acids is 1. The van der Waals surface area contributed by atoms with Crippen molar-refractivity contribution in [1.82, 2.24) is 29.4 Å². The molecule has 136 valence electrons. The average Bonchev–Trinajstić information content (AvgIpc) is 3.41. The smallest absolute Gasteiger partial charge is 0.274 e. The summed E-state index contributed by atoms with van der Waals surface area (Å²) < 4.78 is 9.22. The number of aromatic nitrogens is 5. The quantitative estimate of drug-likeness (QED) is 0.718. The first kappa shape index (κ1) is 16.6. The lowest BCUT2D eigenvalue weighted by molar-refractivity contribution is 0.0697. The van der Waals surface area contributed by atoms with Gasteiger partial charge in [0.05, 0.1) is 5.69 Å². The molecule has 8 heteroatoms. The van der Waals surface area contributed by atoms with Gasteiger partial charge in [0.1, 0.15) is 5.69 Å². The van der Waals surface area contributed by atoms with Crippen LogP contribution in [-0.4, -0.2) is 48.4 Å². The highest BCUT2D eigenvalue weighted by atomic mass is 16.5. The molecule has 0 atom stereocenters. The first-order valence-electron chi connectivity index (χ1n) is 8.93. The zero-order valence-corrected chi connectivity index (χ0v) is 15.0. The highest BCUT2D eigenvalue weighted by Gasteiger charge is 2.29. The van der Waals surface area contributed by atoms with E-state index in [1.165, 1.54) is 0 Å². The van der Waals surface area contributed by atoms with Crippen molar-refractivity contribution in [3.05, 3.63) is 42.2 Å². The van der Waals surface area contributed by atoms with Gasteiger partial charge in [-0.25, -0.2) is 0 Å². The first-order chi connectivity index (χ1) is 12.7. The van der Waals surface area contributed by atoms with Crippen molar-refractivity contribution in [2.75, 3.05) is 13.1 Å². The summed E-state index contributed by atoms with van der Waals surface area (Å²) in [7, 11) is 1.95. The Balaban J connectivity index is 1.40. The van der Waals surface area contributed by atoms with E-state index in [4.69, 9.17) is 4.52 Å². The standard InChI is InChI=1S/C18H22N6O2/c1-3-24-12-8-14(20-24)18(25)23-10-6-13(7-11-23)17-19-16(21-26-17)15-5-4-9-22(15)2/h4-5,8-9,12-13H,3,6-7,10-11H2,1-2H3. The molecule has 3 aromatic rings. The maximum absolute atomic E-state index is 12.6. The second-order valence-corrected chi connectivity index (χ2v) is 6.58. The third-order valence-corrected chi connectivity index (χ3v) is 4.93. The molecular formula is C18H22N6O2. The molecule has 0 N–H and O–H groups in total. The van der Waals surface area contributed by atoms with Crippen molar-refractivity contribution < 1.29 is 9.32 Å². The number of aryl methyl sites for hydroxylation is 2. The van der Waals surface area contributed by atoms with Crippen molar-refractivity contribution in [3.63, 3.8) is 0 Å². The molecule has 0 unspecified atom stereocenters. The third-order valence-electron chi connectivity index (χ3n) is 4.93. The lowest BCUT2D eigenvalue weighted by Gasteiger charge is -2.29. The fourth-order valence-electron chi connectivity index (χ4n) is 3.34. The minimum Gasteiger partial charge on any atom is -0.348 e. The Labute approximate surface area is 151 Å². The molecule has 1 aliphatic heterocycles. The lowest BCUT2D eigenvalue weighted by Crippen LogP contribution is -2.38. The number of hydrogen-bond acceptors (Lipinski definition) is 5. The van der Waals surface area contributed by atoms with E-state index in [1.54, 1.807) is 10.7 Å². The molecule has 26 heavy (non-hydrogen) atoms. The van der Waals surface area contributed by atoms with Crippen molar-refractivity contribution in [2.24, 2.45) is 7.05 Å². The molecule has 8 nitrogen and oxygen atoms in total. The summed E-state index contributed by atoms with van der Waals surface area (Å²) in [4.78, 5) is 19.0.